The van der Waals surface area contributed by atoms with Crippen molar-refractivity contribution < 1.29 is 9.18 Å². The van der Waals surface area contributed by atoms with Crippen LogP contribution >= 0.6 is 0 Å². The zero-order valence-electron chi connectivity index (χ0n) is 10.4. The second kappa shape index (κ2) is 7.41. The van der Waals surface area contributed by atoms with Gasteiger partial charge in [-0.25, -0.2) is 9.37 Å². The number of nitrogens with zero attached hydrogens (tertiary/aromatic N) is 2. The quantitative estimate of drug-likeness (QED) is 0.605. The first-order valence-electron chi connectivity index (χ1n) is 5.92. The van der Waals surface area contributed by atoms with Crippen LogP contribution in [-0.4, -0.2) is 29.0 Å². The van der Waals surface area contributed by atoms with Crippen LogP contribution in [-0.2, 0) is 4.79 Å². The Kier molecular flexibility index (Phi) is 5.83. The van der Waals surface area contributed by atoms with Crippen molar-refractivity contribution in [2.75, 3.05) is 23.7 Å². The second-order valence-corrected chi connectivity index (χ2v) is 3.81. The lowest BCUT2D eigenvalue weighted by Gasteiger charge is -2.08. The molecule has 0 saturated heterocycles. The molecule has 0 aliphatic carbocycles. The van der Waals surface area contributed by atoms with Gasteiger partial charge in [0.25, 0.3) is 0 Å². The third kappa shape index (κ3) is 4.94. The minimum atomic E-state index is -0.517. The number of aromatic nitrogens is 2. The van der Waals surface area contributed by atoms with Crippen LogP contribution in [0.25, 0.3) is 0 Å². The maximum Gasteiger partial charge on any atom is 0.224 e. The van der Waals surface area contributed by atoms with E-state index >= 15 is 0 Å². The molecule has 100 valence electrons. The summed E-state index contributed by atoms with van der Waals surface area (Å²) in [5, 5.41) is 5.78. The normalized spacial score (nSPS) is 10.1. The van der Waals surface area contributed by atoms with Gasteiger partial charge >= 0.3 is 0 Å². The minimum absolute atomic E-state index is 0.132. The van der Waals surface area contributed by atoms with E-state index in [2.05, 4.69) is 20.6 Å². The van der Waals surface area contributed by atoms with Crippen molar-refractivity contribution in [3.05, 3.63) is 12.0 Å². The van der Waals surface area contributed by atoms with Crippen molar-refractivity contribution in [3.63, 3.8) is 0 Å². The van der Waals surface area contributed by atoms with E-state index in [-0.39, 0.29) is 18.1 Å². The number of carbonyl (C=O) groups excluding carboxylic acids is 1. The van der Waals surface area contributed by atoms with Crippen LogP contribution in [0.3, 0.4) is 0 Å². The second-order valence-electron chi connectivity index (χ2n) is 3.81. The Labute approximate surface area is 105 Å². The molecule has 0 aliphatic heterocycles. The molecule has 0 radical (unpaired) electrons. The minimum Gasteiger partial charge on any atom is -0.370 e. The molecule has 0 atom stereocenters. The van der Waals surface area contributed by atoms with Crippen molar-refractivity contribution in [2.24, 2.45) is 5.73 Å². The van der Waals surface area contributed by atoms with Crippen molar-refractivity contribution in [1.82, 2.24) is 9.97 Å². The number of amides is 1. The molecule has 18 heavy (non-hydrogen) atoms. The standard InChI is InChI=1S/C11H18FN5O/c1-2-5-15-11-16-7-8(12)10(17-11)14-6-3-4-9(13)18/h7H,2-6H2,1H3,(H2,13,18)(H2,14,15,16,17). The monoisotopic (exact) mass is 255 g/mol. The molecule has 1 amide bonds. The summed E-state index contributed by atoms with van der Waals surface area (Å²) in [7, 11) is 0. The molecular weight excluding hydrogens is 237 g/mol. The molecular formula is C11H18FN5O. The average Bonchev–Trinajstić information content (AvgIpc) is 2.34. The molecule has 0 fully saturated rings. The van der Waals surface area contributed by atoms with E-state index in [1.807, 2.05) is 6.92 Å². The Hall–Kier alpha value is -1.92. The number of anilines is 2. The number of carbonyl (C=O) groups is 1. The van der Waals surface area contributed by atoms with Gasteiger partial charge in [-0.15, -0.1) is 0 Å². The Morgan fingerprint density at radius 3 is 2.89 bits per heavy atom. The lowest BCUT2D eigenvalue weighted by atomic mass is 10.3. The van der Waals surface area contributed by atoms with Crippen molar-refractivity contribution >= 4 is 17.7 Å². The lowest BCUT2D eigenvalue weighted by molar-refractivity contribution is -0.118. The fourth-order valence-electron chi connectivity index (χ4n) is 1.28. The van der Waals surface area contributed by atoms with Crippen LogP contribution in [0, 0.1) is 5.82 Å². The summed E-state index contributed by atoms with van der Waals surface area (Å²) in [6.07, 6.45) is 2.85. The van der Waals surface area contributed by atoms with Crippen molar-refractivity contribution in [2.45, 2.75) is 26.2 Å². The topological polar surface area (TPSA) is 92.9 Å². The van der Waals surface area contributed by atoms with Crippen LogP contribution in [0.2, 0.25) is 0 Å². The van der Waals surface area contributed by atoms with Gasteiger partial charge in [-0.3, -0.25) is 4.79 Å². The van der Waals surface area contributed by atoms with Gasteiger partial charge in [-0.1, -0.05) is 6.92 Å². The highest BCUT2D eigenvalue weighted by Gasteiger charge is 2.06. The van der Waals surface area contributed by atoms with Crippen LogP contribution in [0.4, 0.5) is 16.2 Å². The third-order valence-electron chi connectivity index (χ3n) is 2.17. The van der Waals surface area contributed by atoms with Crippen LogP contribution in [0.5, 0.6) is 0 Å². The number of nitrogens with two attached hydrogens (primary N) is 1. The van der Waals surface area contributed by atoms with Gasteiger partial charge in [-0.2, -0.15) is 4.98 Å². The number of hydrogen-bond donors (Lipinski definition) is 3. The molecule has 1 rings (SSSR count). The summed E-state index contributed by atoms with van der Waals surface area (Å²) in [6.45, 7) is 3.18. The van der Waals surface area contributed by atoms with E-state index < -0.39 is 5.82 Å². The highest BCUT2D eigenvalue weighted by molar-refractivity contribution is 5.73. The Morgan fingerprint density at radius 1 is 1.44 bits per heavy atom. The number of rotatable bonds is 8. The Bertz CT molecular complexity index is 399. The fourth-order valence-corrected chi connectivity index (χ4v) is 1.28. The number of hydrogen-bond acceptors (Lipinski definition) is 5. The molecule has 0 aromatic carbocycles. The maximum absolute atomic E-state index is 13.4. The first-order valence-corrected chi connectivity index (χ1v) is 5.92. The van der Waals surface area contributed by atoms with Crippen LogP contribution in [0.1, 0.15) is 26.2 Å². The smallest absolute Gasteiger partial charge is 0.224 e. The third-order valence-corrected chi connectivity index (χ3v) is 2.17. The van der Waals surface area contributed by atoms with E-state index in [1.54, 1.807) is 0 Å². The zero-order valence-corrected chi connectivity index (χ0v) is 10.4. The molecule has 7 heteroatoms. The molecule has 1 aromatic heterocycles. The summed E-state index contributed by atoms with van der Waals surface area (Å²) in [5.74, 6) is -0.370. The molecule has 4 N–H and O–H groups in total. The number of nitrogens with one attached hydrogen (secondary N) is 2. The predicted octanol–water partition coefficient (Wildman–Crippen LogP) is 1.11. The molecule has 0 unspecified atom stereocenters. The van der Waals surface area contributed by atoms with E-state index in [1.165, 1.54) is 0 Å². The van der Waals surface area contributed by atoms with Crippen molar-refractivity contribution in [1.29, 1.82) is 0 Å². The largest absolute Gasteiger partial charge is 0.370 e. The SMILES string of the molecule is CCCNc1ncc(F)c(NCCCC(N)=O)n1. The predicted molar refractivity (Wildman–Crippen MR) is 67.7 cm³/mol. The fraction of sp³-hybridized carbons (Fsp3) is 0.545. The first kappa shape index (κ1) is 14.1. The van der Waals surface area contributed by atoms with Gasteiger partial charge in [0, 0.05) is 19.5 Å². The molecule has 0 aliphatic rings. The van der Waals surface area contributed by atoms with Gasteiger partial charge in [0.2, 0.25) is 11.9 Å². The Morgan fingerprint density at radius 2 is 2.22 bits per heavy atom. The van der Waals surface area contributed by atoms with Crippen LogP contribution in [0.15, 0.2) is 6.20 Å². The summed E-state index contributed by atoms with van der Waals surface area (Å²) in [6, 6.07) is 0. The summed E-state index contributed by atoms with van der Waals surface area (Å²) < 4.78 is 13.4. The Balaban J connectivity index is 2.49. The summed E-state index contributed by atoms with van der Waals surface area (Å²) in [5.41, 5.74) is 5.00. The average molecular weight is 255 g/mol. The molecule has 0 spiro atoms. The molecule has 6 nitrogen and oxygen atoms in total. The van der Waals surface area contributed by atoms with Crippen molar-refractivity contribution in [3.8, 4) is 0 Å². The number of primary amides is 1. The molecule has 0 saturated carbocycles. The van der Waals surface area contributed by atoms with Gasteiger partial charge in [-0.05, 0) is 12.8 Å². The van der Waals surface area contributed by atoms with E-state index in [0.717, 1.165) is 19.2 Å². The highest BCUT2D eigenvalue weighted by atomic mass is 19.1. The maximum atomic E-state index is 13.4. The zero-order chi connectivity index (χ0) is 13.4. The lowest BCUT2D eigenvalue weighted by Crippen LogP contribution is -2.14. The van der Waals surface area contributed by atoms with Gasteiger partial charge in [0.15, 0.2) is 11.6 Å². The highest BCUT2D eigenvalue weighted by Crippen LogP contribution is 2.11. The number of halogens is 1. The molecule has 1 aromatic rings. The van der Waals surface area contributed by atoms with Gasteiger partial charge < -0.3 is 16.4 Å². The van der Waals surface area contributed by atoms with Crippen LogP contribution < -0.4 is 16.4 Å². The van der Waals surface area contributed by atoms with E-state index in [9.17, 15) is 9.18 Å². The van der Waals surface area contributed by atoms with E-state index in [0.29, 0.717) is 18.9 Å². The van der Waals surface area contributed by atoms with E-state index in [4.69, 9.17) is 5.73 Å². The summed E-state index contributed by atoms with van der Waals surface area (Å²) in [4.78, 5) is 18.4. The van der Waals surface area contributed by atoms with Gasteiger partial charge in [0.05, 0.1) is 6.20 Å². The summed E-state index contributed by atoms with van der Waals surface area (Å²) >= 11 is 0. The molecule has 1 heterocycles. The van der Waals surface area contributed by atoms with Gasteiger partial charge in [0.1, 0.15) is 0 Å². The molecule has 0 bridgehead atoms. The first-order chi connectivity index (χ1) is 8.63.